The van der Waals surface area contributed by atoms with E-state index in [4.69, 9.17) is 10.2 Å². The number of sulfonamides is 1. The highest BCUT2D eigenvalue weighted by Crippen LogP contribution is 2.13. The standard InChI is InChI=1S/C8H14N2O3S/c1-6(2)10-14(11,12)8-4-3-7(5-9)13-8/h3-4,6,10H,5,9H2,1-2H3. The van der Waals surface area contributed by atoms with Crippen LogP contribution in [0.15, 0.2) is 21.6 Å². The summed E-state index contributed by atoms with van der Waals surface area (Å²) in [5, 5.41) is -0.0911. The summed E-state index contributed by atoms with van der Waals surface area (Å²) in [7, 11) is -3.52. The smallest absolute Gasteiger partial charge is 0.274 e. The molecule has 6 heteroatoms. The number of furan rings is 1. The van der Waals surface area contributed by atoms with E-state index in [0.717, 1.165) is 0 Å². The fraction of sp³-hybridized carbons (Fsp3) is 0.500. The van der Waals surface area contributed by atoms with Crippen molar-refractivity contribution >= 4 is 10.0 Å². The van der Waals surface area contributed by atoms with Gasteiger partial charge in [0.2, 0.25) is 5.09 Å². The number of nitrogens with one attached hydrogen (secondary N) is 1. The molecule has 3 N–H and O–H groups in total. The van der Waals surface area contributed by atoms with Gasteiger partial charge >= 0.3 is 0 Å². The van der Waals surface area contributed by atoms with Gasteiger partial charge in [-0.2, -0.15) is 0 Å². The lowest BCUT2D eigenvalue weighted by Gasteiger charge is -2.06. The van der Waals surface area contributed by atoms with Gasteiger partial charge in [0.25, 0.3) is 10.0 Å². The fourth-order valence-corrected chi connectivity index (χ4v) is 2.18. The first kappa shape index (κ1) is 11.2. The maximum atomic E-state index is 11.5. The number of hydrogen-bond donors (Lipinski definition) is 2. The molecule has 0 aliphatic heterocycles. The average molecular weight is 218 g/mol. The molecule has 80 valence electrons. The van der Waals surface area contributed by atoms with Crippen molar-refractivity contribution in [2.24, 2.45) is 5.73 Å². The first-order chi connectivity index (χ1) is 6.45. The van der Waals surface area contributed by atoms with E-state index in [9.17, 15) is 8.42 Å². The summed E-state index contributed by atoms with van der Waals surface area (Å²) < 4.78 is 30.5. The van der Waals surface area contributed by atoms with Gasteiger partial charge < -0.3 is 10.2 Å². The van der Waals surface area contributed by atoms with Crippen molar-refractivity contribution in [1.29, 1.82) is 0 Å². The van der Waals surface area contributed by atoms with Crippen LogP contribution in [0.4, 0.5) is 0 Å². The maximum Gasteiger partial charge on any atom is 0.274 e. The van der Waals surface area contributed by atoms with Crippen LogP contribution in [-0.4, -0.2) is 14.5 Å². The lowest BCUT2D eigenvalue weighted by molar-refractivity contribution is 0.411. The van der Waals surface area contributed by atoms with E-state index in [1.807, 2.05) is 0 Å². The van der Waals surface area contributed by atoms with Crippen LogP contribution in [0.25, 0.3) is 0 Å². The number of hydrogen-bond acceptors (Lipinski definition) is 4. The van der Waals surface area contributed by atoms with Gasteiger partial charge in [-0.3, -0.25) is 0 Å². The minimum Gasteiger partial charge on any atom is -0.447 e. The summed E-state index contributed by atoms with van der Waals surface area (Å²) in [4.78, 5) is 0. The molecule has 0 fully saturated rings. The van der Waals surface area contributed by atoms with E-state index in [2.05, 4.69) is 4.72 Å². The van der Waals surface area contributed by atoms with E-state index in [1.54, 1.807) is 19.9 Å². The molecule has 0 saturated heterocycles. The van der Waals surface area contributed by atoms with Crippen LogP contribution in [0.3, 0.4) is 0 Å². The third kappa shape index (κ3) is 2.57. The Morgan fingerprint density at radius 3 is 2.57 bits per heavy atom. The molecule has 0 aliphatic carbocycles. The van der Waals surface area contributed by atoms with E-state index in [1.165, 1.54) is 6.07 Å². The van der Waals surface area contributed by atoms with Crippen molar-refractivity contribution in [3.8, 4) is 0 Å². The van der Waals surface area contributed by atoms with E-state index in [-0.39, 0.29) is 17.7 Å². The van der Waals surface area contributed by atoms with Gasteiger partial charge in [0.05, 0.1) is 6.54 Å². The predicted molar refractivity (Wildman–Crippen MR) is 52.1 cm³/mol. The molecule has 0 aromatic carbocycles. The quantitative estimate of drug-likeness (QED) is 0.767. The lowest BCUT2D eigenvalue weighted by atomic mass is 10.4. The monoisotopic (exact) mass is 218 g/mol. The first-order valence-electron chi connectivity index (χ1n) is 4.27. The Bertz CT molecular complexity index is 394. The molecular weight excluding hydrogens is 204 g/mol. The normalized spacial score (nSPS) is 12.3. The van der Waals surface area contributed by atoms with Gasteiger partial charge in [-0.05, 0) is 26.0 Å². The van der Waals surface area contributed by atoms with Gasteiger partial charge in [-0.15, -0.1) is 0 Å². The zero-order chi connectivity index (χ0) is 10.8. The van der Waals surface area contributed by atoms with Crippen LogP contribution in [0.2, 0.25) is 0 Å². The SMILES string of the molecule is CC(C)NS(=O)(=O)c1ccc(CN)o1. The second-order valence-electron chi connectivity index (χ2n) is 3.20. The molecule has 1 aromatic heterocycles. The molecule has 1 aromatic rings. The van der Waals surface area contributed by atoms with Crippen molar-refractivity contribution in [3.05, 3.63) is 17.9 Å². The average Bonchev–Trinajstić information content (AvgIpc) is 2.49. The molecule has 0 spiro atoms. The Labute approximate surface area is 83.3 Å². The summed E-state index contributed by atoms with van der Waals surface area (Å²) >= 11 is 0. The zero-order valence-electron chi connectivity index (χ0n) is 8.15. The minimum atomic E-state index is -3.52. The van der Waals surface area contributed by atoms with Gasteiger partial charge in [-0.1, -0.05) is 0 Å². The Balaban J connectivity index is 2.93. The molecule has 0 aliphatic rings. The summed E-state index contributed by atoms with van der Waals surface area (Å²) in [6.45, 7) is 3.67. The molecule has 0 atom stereocenters. The number of rotatable bonds is 4. The van der Waals surface area contributed by atoms with Crippen molar-refractivity contribution in [3.63, 3.8) is 0 Å². The largest absolute Gasteiger partial charge is 0.447 e. The zero-order valence-corrected chi connectivity index (χ0v) is 8.97. The fourth-order valence-electron chi connectivity index (χ4n) is 0.981. The molecule has 0 unspecified atom stereocenters. The van der Waals surface area contributed by atoms with Gasteiger partial charge in [0.1, 0.15) is 5.76 Å². The second kappa shape index (κ2) is 4.12. The highest BCUT2D eigenvalue weighted by atomic mass is 32.2. The van der Waals surface area contributed by atoms with Gasteiger partial charge in [0, 0.05) is 6.04 Å². The van der Waals surface area contributed by atoms with Crippen LogP contribution in [-0.2, 0) is 16.6 Å². The van der Waals surface area contributed by atoms with Crippen molar-refractivity contribution in [1.82, 2.24) is 4.72 Å². The summed E-state index contributed by atoms with van der Waals surface area (Å²) in [6.07, 6.45) is 0. The summed E-state index contributed by atoms with van der Waals surface area (Å²) in [5.74, 6) is 0.453. The first-order valence-corrected chi connectivity index (χ1v) is 5.75. The summed E-state index contributed by atoms with van der Waals surface area (Å²) in [5.41, 5.74) is 5.30. The van der Waals surface area contributed by atoms with Crippen molar-refractivity contribution in [2.75, 3.05) is 0 Å². The number of nitrogens with two attached hydrogens (primary N) is 1. The van der Waals surface area contributed by atoms with Gasteiger partial charge in [-0.25, -0.2) is 13.1 Å². The van der Waals surface area contributed by atoms with Crippen LogP contribution in [0, 0.1) is 0 Å². The third-order valence-electron chi connectivity index (χ3n) is 1.49. The molecule has 14 heavy (non-hydrogen) atoms. The molecule has 0 saturated carbocycles. The molecule has 0 radical (unpaired) electrons. The van der Waals surface area contributed by atoms with E-state index >= 15 is 0 Å². The van der Waals surface area contributed by atoms with E-state index in [0.29, 0.717) is 5.76 Å². The summed E-state index contributed by atoms with van der Waals surface area (Å²) in [6, 6.07) is 2.79. The predicted octanol–water partition coefficient (Wildman–Crippen LogP) is 0.425. The Morgan fingerprint density at radius 2 is 2.14 bits per heavy atom. The molecule has 5 nitrogen and oxygen atoms in total. The molecule has 1 heterocycles. The molecule has 0 bridgehead atoms. The van der Waals surface area contributed by atoms with Crippen LogP contribution in [0.5, 0.6) is 0 Å². The van der Waals surface area contributed by atoms with Crippen LogP contribution < -0.4 is 10.5 Å². The lowest BCUT2D eigenvalue weighted by Crippen LogP contribution is -2.29. The Hall–Kier alpha value is -0.850. The Morgan fingerprint density at radius 1 is 1.50 bits per heavy atom. The molecular formula is C8H14N2O3S. The van der Waals surface area contributed by atoms with Gasteiger partial charge in [0.15, 0.2) is 0 Å². The second-order valence-corrected chi connectivity index (χ2v) is 4.85. The molecule has 0 amide bonds. The van der Waals surface area contributed by atoms with Crippen LogP contribution in [0.1, 0.15) is 19.6 Å². The highest BCUT2D eigenvalue weighted by Gasteiger charge is 2.19. The topological polar surface area (TPSA) is 85.3 Å². The van der Waals surface area contributed by atoms with Crippen LogP contribution >= 0.6 is 0 Å². The highest BCUT2D eigenvalue weighted by molar-refractivity contribution is 7.89. The minimum absolute atomic E-state index is 0.0911. The van der Waals surface area contributed by atoms with E-state index < -0.39 is 10.0 Å². The maximum absolute atomic E-state index is 11.5. The third-order valence-corrected chi connectivity index (χ3v) is 3.02. The Kier molecular flexibility index (Phi) is 3.30. The van der Waals surface area contributed by atoms with Crippen molar-refractivity contribution in [2.45, 2.75) is 31.5 Å². The molecule has 1 rings (SSSR count). The van der Waals surface area contributed by atoms with Crippen molar-refractivity contribution < 1.29 is 12.8 Å².